The molecular weight excluding hydrogens is 410 g/mol. The summed E-state index contributed by atoms with van der Waals surface area (Å²) in [7, 11) is 0. The van der Waals surface area contributed by atoms with Gasteiger partial charge in [-0.15, -0.1) is 11.8 Å². The minimum Gasteiger partial charge on any atom is -0.310 e. The monoisotopic (exact) mass is 431 g/mol. The number of hydrogen-bond donors (Lipinski definition) is 0. The number of aromatic nitrogens is 4. The Hall–Kier alpha value is -3.39. The summed E-state index contributed by atoms with van der Waals surface area (Å²) in [5, 5.41) is 5.14. The Morgan fingerprint density at radius 2 is 1.90 bits per heavy atom. The molecule has 156 valence electrons. The number of hydrogen-bond acceptors (Lipinski definition) is 5. The molecule has 0 radical (unpaired) electrons. The van der Waals surface area contributed by atoms with Crippen LogP contribution < -0.4 is 10.5 Å². The van der Waals surface area contributed by atoms with Crippen LogP contribution >= 0.6 is 11.8 Å². The number of thioether (sulfide) groups is 1. The number of para-hydroxylation sites is 2. The van der Waals surface area contributed by atoms with Gasteiger partial charge in [-0.05, 0) is 30.7 Å². The van der Waals surface area contributed by atoms with Gasteiger partial charge in [-0.25, -0.2) is 9.67 Å². The highest BCUT2D eigenvalue weighted by Gasteiger charge is 2.24. The Bertz CT molecular complexity index is 1310. The van der Waals surface area contributed by atoms with Gasteiger partial charge in [-0.3, -0.25) is 14.2 Å². The molecule has 8 heteroatoms. The molecule has 3 heterocycles. The zero-order valence-electron chi connectivity index (χ0n) is 17.0. The Morgan fingerprint density at radius 3 is 2.74 bits per heavy atom. The Balaban J connectivity index is 1.47. The van der Waals surface area contributed by atoms with E-state index in [-0.39, 0.29) is 18.0 Å². The average Bonchev–Trinajstić information content (AvgIpc) is 3.14. The number of rotatable bonds is 3. The summed E-state index contributed by atoms with van der Waals surface area (Å²) in [5.41, 5.74) is 1.93. The standard InChI is InChI=1S/C23H21N5O2S/c1-16-11-12-27(19-9-5-6-10-20(19)31-16)21(29)14-26-15-24-22-18(23(26)30)13-25-28(22)17-7-3-2-4-8-17/h2-10,13,15-16H,11-12,14H2,1H3. The molecule has 0 spiro atoms. The molecule has 0 aliphatic carbocycles. The van der Waals surface area contributed by atoms with Crippen LogP contribution in [0.15, 0.2) is 76.8 Å². The molecule has 0 bridgehead atoms. The van der Waals surface area contributed by atoms with Crippen molar-refractivity contribution in [2.75, 3.05) is 11.4 Å². The maximum atomic E-state index is 13.2. The van der Waals surface area contributed by atoms with Gasteiger partial charge in [0.15, 0.2) is 5.65 Å². The van der Waals surface area contributed by atoms with E-state index in [0.29, 0.717) is 22.8 Å². The van der Waals surface area contributed by atoms with Crippen molar-refractivity contribution in [1.29, 1.82) is 0 Å². The van der Waals surface area contributed by atoms with E-state index >= 15 is 0 Å². The van der Waals surface area contributed by atoms with Gasteiger partial charge in [-0.1, -0.05) is 37.3 Å². The van der Waals surface area contributed by atoms with E-state index in [1.165, 1.54) is 17.1 Å². The predicted molar refractivity (Wildman–Crippen MR) is 122 cm³/mol. The summed E-state index contributed by atoms with van der Waals surface area (Å²) in [4.78, 5) is 33.6. The number of anilines is 1. The van der Waals surface area contributed by atoms with E-state index in [1.807, 2.05) is 54.6 Å². The van der Waals surface area contributed by atoms with Crippen LogP contribution in [-0.2, 0) is 11.3 Å². The SMILES string of the molecule is CC1CCN(C(=O)Cn2cnc3c(cnn3-c3ccccc3)c2=O)c2ccccc2S1. The fourth-order valence-electron chi connectivity index (χ4n) is 3.80. The first-order chi connectivity index (χ1) is 15.1. The number of nitrogens with zero attached hydrogens (tertiary/aromatic N) is 5. The minimum atomic E-state index is -0.272. The van der Waals surface area contributed by atoms with Crippen LogP contribution in [0, 0.1) is 0 Å². The molecule has 1 unspecified atom stereocenters. The molecule has 0 N–H and O–H groups in total. The third-order valence-corrected chi connectivity index (χ3v) is 6.64. The molecule has 0 fully saturated rings. The van der Waals surface area contributed by atoms with E-state index in [0.717, 1.165) is 22.7 Å². The van der Waals surface area contributed by atoms with Crippen molar-refractivity contribution in [3.63, 3.8) is 0 Å². The second kappa shape index (κ2) is 8.03. The predicted octanol–water partition coefficient (Wildman–Crippen LogP) is 3.50. The lowest BCUT2D eigenvalue weighted by Crippen LogP contribution is -2.37. The number of benzene rings is 2. The highest BCUT2D eigenvalue weighted by molar-refractivity contribution is 8.00. The van der Waals surface area contributed by atoms with Gasteiger partial charge < -0.3 is 4.90 Å². The van der Waals surface area contributed by atoms with Crippen LogP contribution in [0.2, 0.25) is 0 Å². The first kappa shape index (κ1) is 19.6. The van der Waals surface area contributed by atoms with Crippen molar-refractivity contribution in [1.82, 2.24) is 19.3 Å². The Kier molecular flexibility index (Phi) is 5.07. The Labute approximate surface area is 183 Å². The van der Waals surface area contributed by atoms with Gasteiger partial charge in [0.2, 0.25) is 5.91 Å². The minimum absolute atomic E-state index is 0.0638. The third-order valence-electron chi connectivity index (χ3n) is 5.41. The van der Waals surface area contributed by atoms with Gasteiger partial charge in [0.1, 0.15) is 18.3 Å². The first-order valence-electron chi connectivity index (χ1n) is 10.2. The molecule has 7 nitrogen and oxygen atoms in total. The highest BCUT2D eigenvalue weighted by Crippen LogP contribution is 2.37. The van der Waals surface area contributed by atoms with Crippen LogP contribution in [0.5, 0.6) is 0 Å². The quantitative estimate of drug-likeness (QED) is 0.496. The summed E-state index contributed by atoms with van der Waals surface area (Å²) in [6.07, 6.45) is 3.84. The lowest BCUT2D eigenvalue weighted by atomic mass is 10.2. The van der Waals surface area contributed by atoms with Gasteiger partial charge in [0.05, 0.1) is 17.6 Å². The molecule has 0 saturated heterocycles. The molecule has 4 aromatic rings. The fraction of sp³-hybridized carbons (Fsp3) is 0.217. The zero-order chi connectivity index (χ0) is 21.4. The first-order valence-corrected chi connectivity index (χ1v) is 11.0. The van der Waals surface area contributed by atoms with E-state index in [2.05, 4.69) is 17.0 Å². The largest absolute Gasteiger partial charge is 0.310 e. The molecule has 31 heavy (non-hydrogen) atoms. The number of amides is 1. The van der Waals surface area contributed by atoms with Gasteiger partial charge in [0, 0.05) is 16.7 Å². The average molecular weight is 432 g/mol. The number of fused-ring (bicyclic) bond motifs is 2. The third kappa shape index (κ3) is 3.63. The van der Waals surface area contributed by atoms with E-state index < -0.39 is 0 Å². The summed E-state index contributed by atoms with van der Waals surface area (Å²) < 4.78 is 3.00. The molecule has 2 aromatic carbocycles. The lowest BCUT2D eigenvalue weighted by molar-refractivity contribution is -0.119. The van der Waals surface area contributed by atoms with Crippen molar-refractivity contribution in [3.05, 3.63) is 77.5 Å². The lowest BCUT2D eigenvalue weighted by Gasteiger charge is -2.22. The normalized spacial score (nSPS) is 16.2. The van der Waals surface area contributed by atoms with Gasteiger partial charge in [-0.2, -0.15) is 5.10 Å². The van der Waals surface area contributed by atoms with Crippen LogP contribution in [0.4, 0.5) is 5.69 Å². The molecule has 1 aliphatic heterocycles. The van der Waals surface area contributed by atoms with E-state index in [1.54, 1.807) is 21.3 Å². The van der Waals surface area contributed by atoms with Gasteiger partial charge in [0.25, 0.3) is 5.56 Å². The topological polar surface area (TPSA) is 73.0 Å². The Morgan fingerprint density at radius 1 is 1.13 bits per heavy atom. The highest BCUT2D eigenvalue weighted by atomic mass is 32.2. The smallest absolute Gasteiger partial charge is 0.264 e. The van der Waals surface area contributed by atoms with Crippen LogP contribution in [0.1, 0.15) is 13.3 Å². The van der Waals surface area contributed by atoms with Crippen molar-refractivity contribution >= 4 is 34.4 Å². The van der Waals surface area contributed by atoms with Crippen molar-refractivity contribution in [2.24, 2.45) is 0 Å². The van der Waals surface area contributed by atoms with Crippen molar-refractivity contribution in [2.45, 2.75) is 30.0 Å². The summed E-state index contributed by atoms with van der Waals surface area (Å²) in [5.74, 6) is -0.124. The molecule has 2 aromatic heterocycles. The van der Waals surface area contributed by atoms with Crippen molar-refractivity contribution < 1.29 is 4.79 Å². The molecule has 0 saturated carbocycles. The van der Waals surface area contributed by atoms with E-state index in [4.69, 9.17) is 0 Å². The van der Waals surface area contributed by atoms with Gasteiger partial charge >= 0.3 is 0 Å². The summed E-state index contributed by atoms with van der Waals surface area (Å²) in [6, 6.07) is 17.5. The summed E-state index contributed by atoms with van der Waals surface area (Å²) in [6.45, 7) is 2.73. The maximum absolute atomic E-state index is 13.2. The maximum Gasteiger partial charge on any atom is 0.264 e. The van der Waals surface area contributed by atoms with Crippen LogP contribution in [0.3, 0.4) is 0 Å². The molecule has 1 amide bonds. The number of carbonyl (C=O) groups excluding carboxylic acids is 1. The van der Waals surface area contributed by atoms with E-state index in [9.17, 15) is 9.59 Å². The second-order valence-electron chi connectivity index (χ2n) is 7.54. The summed E-state index contributed by atoms with van der Waals surface area (Å²) >= 11 is 1.78. The molecule has 1 atom stereocenters. The molecule has 5 rings (SSSR count). The number of carbonyl (C=O) groups is 1. The van der Waals surface area contributed by atoms with Crippen molar-refractivity contribution in [3.8, 4) is 5.69 Å². The van der Waals surface area contributed by atoms with Crippen LogP contribution in [-0.4, -0.2) is 37.0 Å². The second-order valence-corrected chi connectivity index (χ2v) is 9.02. The molecular formula is C23H21N5O2S. The molecule has 1 aliphatic rings. The zero-order valence-corrected chi connectivity index (χ0v) is 17.8. The van der Waals surface area contributed by atoms with Crippen LogP contribution in [0.25, 0.3) is 16.7 Å². The fourth-order valence-corrected chi connectivity index (χ4v) is 4.91.